The maximum Gasteiger partial charge on any atom is 0.258 e. The second-order valence-corrected chi connectivity index (χ2v) is 6.68. The Hall–Kier alpha value is -3.39. The predicted molar refractivity (Wildman–Crippen MR) is 109 cm³/mol. The summed E-state index contributed by atoms with van der Waals surface area (Å²) in [7, 11) is 1.77. The molecule has 28 heavy (non-hydrogen) atoms. The zero-order chi connectivity index (χ0) is 20.4. The van der Waals surface area contributed by atoms with Gasteiger partial charge in [-0.1, -0.05) is 11.6 Å². The summed E-state index contributed by atoms with van der Waals surface area (Å²) < 4.78 is 1.73. The van der Waals surface area contributed by atoms with Gasteiger partial charge in [-0.2, -0.15) is 0 Å². The third kappa shape index (κ3) is 4.29. The van der Waals surface area contributed by atoms with Crippen LogP contribution < -0.4 is 16.0 Å². The topological polar surface area (TPSA) is 105 Å². The average molecular weight is 400 g/mol. The normalized spacial score (nSPS) is 10.6. The Morgan fingerprint density at radius 1 is 0.929 bits per heavy atom. The highest BCUT2D eigenvalue weighted by atomic mass is 35.5. The molecular weight excluding hydrogens is 382 g/mol. The highest BCUT2D eigenvalue weighted by Crippen LogP contribution is 2.24. The number of carbonyl (C=O) groups is 3. The lowest BCUT2D eigenvalue weighted by molar-refractivity contribution is -0.115. The monoisotopic (exact) mass is 399 g/mol. The van der Waals surface area contributed by atoms with Crippen molar-refractivity contribution in [1.82, 2.24) is 9.55 Å². The number of anilines is 3. The lowest BCUT2D eigenvalue weighted by Crippen LogP contribution is -2.17. The number of nitrogens with zero attached hydrogens (tertiary/aromatic N) is 2. The van der Waals surface area contributed by atoms with Crippen molar-refractivity contribution in [3.8, 4) is 0 Å². The number of rotatable bonds is 4. The molecule has 0 atom stereocenters. The van der Waals surface area contributed by atoms with Gasteiger partial charge < -0.3 is 15.2 Å². The molecule has 0 spiro atoms. The lowest BCUT2D eigenvalue weighted by atomic mass is 10.1. The molecule has 8 nitrogen and oxygen atoms in total. The highest BCUT2D eigenvalue weighted by molar-refractivity contribution is 6.31. The molecule has 0 saturated heterocycles. The van der Waals surface area contributed by atoms with E-state index in [-0.39, 0.29) is 17.4 Å². The van der Waals surface area contributed by atoms with Gasteiger partial charge in [0.1, 0.15) is 0 Å². The van der Waals surface area contributed by atoms with Crippen molar-refractivity contribution in [3.05, 3.63) is 47.0 Å². The van der Waals surface area contributed by atoms with Crippen molar-refractivity contribution in [2.24, 2.45) is 7.05 Å². The lowest BCUT2D eigenvalue weighted by Gasteiger charge is -2.11. The number of imidazole rings is 1. The van der Waals surface area contributed by atoms with E-state index in [1.807, 2.05) is 6.07 Å². The van der Waals surface area contributed by atoms with Crippen LogP contribution in [0.3, 0.4) is 0 Å². The zero-order valence-electron chi connectivity index (χ0n) is 15.5. The molecule has 3 amide bonds. The molecule has 0 aliphatic rings. The molecule has 0 aliphatic heterocycles. The van der Waals surface area contributed by atoms with E-state index in [1.54, 1.807) is 29.8 Å². The summed E-state index contributed by atoms with van der Waals surface area (Å²) in [4.78, 5) is 39.9. The first-order chi connectivity index (χ1) is 13.2. The first-order valence-corrected chi connectivity index (χ1v) is 8.74. The molecule has 9 heteroatoms. The van der Waals surface area contributed by atoms with E-state index in [0.29, 0.717) is 27.9 Å². The van der Waals surface area contributed by atoms with Crippen LogP contribution in [0.25, 0.3) is 11.0 Å². The first-order valence-electron chi connectivity index (χ1n) is 8.36. The summed E-state index contributed by atoms with van der Waals surface area (Å²) in [6.45, 7) is 2.71. The van der Waals surface area contributed by atoms with Crippen LogP contribution >= 0.6 is 11.6 Å². The molecule has 0 unspecified atom stereocenters. The number of aromatic nitrogens is 2. The van der Waals surface area contributed by atoms with Crippen LogP contribution in [0.5, 0.6) is 0 Å². The van der Waals surface area contributed by atoms with E-state index in [0.717, 1.165) is 5.52 Å². The maximum absolute atomic E-state index is 12.8. The smallest absolute Gasteiger partial charge is 0.258 e. The zero-order valence-corrected chi connectivity index (χ0v) is 16.2. The van der Waals surface area contributed by atoms with Crippen LogP contribution in [0, 0.1) is 0 Å². The Kier molecular flexibility index (Phi) is 5.32. The van der Waals surface area contributed by atoms with Gasteiger partial charge in [-0.3, -0.25) is 19.7 Å². The minimum Gasteiger partial charge on any atom is -0.326 e. The standard InChI is InChI=1S/C19H18ClN5O3/c1-10(26)21-14-6-12(7-15(9-14)22-11(2)27)18(28)24-19-23-16-8-13(20)4-5-17(16)25(19)3/h4-9H,1-3H3,(H,21,26)(H,22,27)(H,23,24,28). The number of amides is 3. The largest absolute Gasteiger partial charge is 0.326 e. The summed E-state index contributed by atoms with van der Waals surface area (Å²) in [6, 6.07) is 9.86. The number of fused-ring (bicyclic) bond motifs is 1. The first kappa shape index (κ1) is 19.4. The average Bonchev–Trinajstić information content (AvgIpc) is 2.88. The Morgan fingerprint density at radius 3 is 2.11 bits per heavy atom. The second-order valence-electron chi connectivity index (χ2n) is 6.24. The van der Waals surface area contributed by atoms with Gasteiger partial charge in [0.25, 0.3) is 5.91 Å². The molecule has 2 aromatic carbocycles. The molecule has 3 N–H and O–H groups in total. The quantitative estimate of drug-likeness (QED) is 0.625. The molecular formula is C19H18ClN5O3. The van der Waals surface area contributed by atoms with Crippen LogP contribution in [-0.4, -0.2) is 27.3 Å². The van der Waals surface area contributed by atoms with E-state index in [1.165, 1.54) is 26.0 Å². The summed E-state index contributed by atoms with van der Waals surface area (Å²) in [5.41, 5.74) is 2.49. The number of aryl methyl sites for hydroxylation is 1. The molecule has 0 aliphatic carbocycles. The number of nitrogens with one attached hydrogen (secondary N) is 3. The van der Waals surface area contributed by atoms with Crippen LogP contribution in [-0.2, 0) is 16.6 Å². The van der Waals surface area contributed by atoms with Gasteiger partial charge in [-0.15, -0.1) is 0 Å². The molecule has 0 saturated carbocycles. The fraction of sp³-hybridized carbons (Fsp3) is 0.158. The highest BCUT2D eigenvalue weighted by Gasteiger charge is 2.15. The van der Waals surface area contributed by atoms with Crippen LogP contribution in [0.2, 0.25) is 5.02 Å². The Labute approximate surface area is 165 Å². The van der Waals surface area contributed by atoms with Gasteiger partial charge in [-0.05, 0) is 36.4 Å². The van der Waals surface area contributed by atoms with E-state index in [9.17, 15) is 14.4 Å². The minimum atomic E-state index is -0.441. The predicted octanol–water partition coefficient (Wildman–Crippen LogP) is 3.40. The van der Waals surface area contributed by atoms with Crippen molar-refractivity contribution < 1.29 is 14.4 Å². The molecule has 3 aromatic rings. The third-order valence-corrected chi connectivity index (χ3v) is 4.14. The summed E-state index contributed by atoms with van der Waals surface area (Å²) in [6.07, 6.45) is 0. The minimum absolute atomic E-state index is 0.250. The van der Waals surface area contributed by atoms with Crippen LogP contribution in [0.4, 0.5) is 17.3 Å². The number of hydrogen-bond acceptors (Lipinski definition) is 4. The molecule has 0 bridgehead atoms. The second kappa shape index (κ2) is 7.69. The molecule has 3 rings (SSSR count). The van der Waals surface area contributed by atoms with Crippen molar-refractivity contribution in [3.63, 3.8) is 0 Å². The molecule has 1 heterocycles. The Bertz CT molecular complexity index is 1070. The van der Waals surface area contributed by atoms with Crippen LogP contribution in [0.1, 0.15) is 24.2 Å². The van der Waals surface area contributed by atoms with Crippen molar-refractivity contribution >= 4 is 57.7 Å². The van der Waals surface area contributed by atoms with E-state index < -0.39 is 5.91 Å². The van der Waals surface area contributed by atoms with Crippen molar-refractivity contribution in [2.75, 3.05) is 16.0 Å². The number of carbonyl (C=O) groups excluding carboxylic acids is 3. The fourth-order valence-corrected chi connectivity index (χ4v) is 2.93. The van der Waals surface area contributed by atoms with Crippen molar-refractivity contribution in [1.29, 1.82) is 0 Å². The summed E-state index contributed by atoms with van der Waals surface area (Å²) >= 11 is 5.99. The van der Waals surface area contributed by atoms with Crippen molar-refractivity contribution in [2.45, 2.75) is 13.8 Å². The summed E-state index contributed by atoms with van der Waals surface area (Å²) in [5.74, 6) is -0.686. The van der Waals surface area contributed by atoms with Gasteiger partial charge in [0.15, 0.2) is 0 Å². The molecule has 0 radical (unpaired) electrons. The molecule has 144 valence electrons. The van der Waals surface area contributed by atoms with E-state index in [4.69, 9.17) is 11.6 Å². The Morgan fingerprint density at radius 2 is 1.54 bits per heavy atom. The van der Waals surface area contributed by atoms with E-state index >= 15 is 0 Å². The molecule has 1 aromatic heterocycles. The number of benzene rings is 2. The van der Waals surface area contributed by atoms with Crippen LogP contribution in [0.15, 0.2) is 36.4 Å². The Balaban J connectivity index is 1.94. The summed E-state index contributed by atoms with van der Waals surface area (Å²) in [5, 5.41) is 8.51. The van der Waals surface area contributed by atoms with E-state index in [2.05, 4.69) is 20.9 Å². The number of halogens is 1. The van der Waals surface area contributed by atoms with Gasteiger partial charge >= 0.3 is 0 Å². The maximum atomic E-state index is 12.8. The van der Waals surface area contributed by atoms with Gasteiger partial charge in [0.2, 0.25) is 17.8 Å². The fourth-order valence-electron chi connectivity index (χ4n) is 2.77. The third-order valence-electron chi connectivity index (χ3n) is 3.90. The van der Waals surface area contributed by atoms with Gasteiger partial charge in [-0.25, -0.2) is 4.98 Å². The SMILES string of the molecule is CC(=O)Nc1cc(NC(C)=O)cc(C(=O)Nc2nc3cc(Cl)ccc3n2C)c1. The molecule has 0 fully saturated rings. The number of hydrogen-bond donors (Lipinski definition) is 3. The van der Waals surface area contributed by atoms with Gasteiger partial charge in [0, 0.05) is 42.9 Å². The van der Waals surface area contributed by atoms with Gasteiger partial charge in [0.05, 0.1) is 11.0 Å².